The maximum Gasteiger partial charge on any atom is 0.212 e. The van der Waals surface area contributed by atoms with Crippen molar-refractivity contribution in [3.05, 3.63) is 59.1 Å². The molecule has 3 nitrogen and oxygen atoms in total. The zero-order chi connectivity index (χ0) is 10.7. The molecule has 0 saturated heterocycles. The first-order valence-electron chi connectivity index (χ1n) is 4.33. The summed E-state index contributed by atoms with van der Waals surface area (Å²) in [6, 6.07) is 6.68. The summed E-state index contributed by atoms with van der Waals surface area (Å²) in [5, 5.41) is 0.602. The van der Waals surface area contributed by atoms with Gasteiger partial charge in [-0.15, -0.1) is 0 Å². The van der Waals surface area contributed by atoms with Crippen LogP contribution in [0, 0.1) is 0 Å². The largest absolute Gasteiger partial charge is 0.287 e. The Labute approximate surface area is 91.8 Å². The second-order valence-electron chi connectivity index (χ2n) is 2.93. The minimum Gasteiger partial charge on any atom is -0.287 e. The lowest BCUT2D eigenvalue weighted by Gasteiger charge is -1.99. The number of hydrogen-bond acceptors (Lipinski definition) is 3. The second kappa shape index (κ2) is 4.19. The molecule has 1 aromatic carbocycles. The Morgan fingerprint density at radius 3 is 2.47 bits per heavy atom. The van der Waals surface area contributed by atoms with Crippen LogP contribution in [0.15, 0.2) is 42.9 Å². The molecular weight excluding hydrogens is 212 g/mol. The lowest BCUT2D eigenvalue weighted by molar-refractivity contribution is 0.103. The van der Waals surface area contributed by atoms with Crippen LogP contribution in [0.2, 0.25) is 5.02 Å². The highest BCUT2D eigenvalue weighted by atomic mass is 35.5. The first-order chi connectivity index (χ1) is 7.27. The van der Waals surface area contributed by atoms with E-state index in [0.717, 1.165) is 0 Å². The summed E-state index contributed by atoms with van der Waals surface area (Å²) in [5.74, 6) is -0.153. The number of halogens is 1. The predicted octanol–water partition coefficient (Wildman–Crippen LogP) is 2.36. The van der Waals surface area contributed by atoms with E-state index >= 15 is 0 Å². The van der Waals surface area contributed by atoms with Gasteiger partial charge < -0.3 is 0 Å². The molecule has 0 radical (unpaired) electrons. The summed E-state index contributed by atoms with van der Waals surface area (Å²) in [6.45, 7) is 0. The molecule has 0 amide bonds. The Hall–Kier alpha value is -1.74. The molecule has 0 unspecified atom stereocenters. The third-order valence-corrected chi connectivity index (χ3v) is 2.15. The zero-order valence-electron chi connectivity index (χ0n) is 7.72. The number of nitrogens with zero attached hydrogens (tertiary/aromatic N) is 2. The fourth-order valence-electron chi connectivity index (χ4n) is 1.17. The summed E-state index contributed by atoms with van der Waals surface area (Å²) in [7, 11) is 0. The summed E-state index contributed by atoms with van der Waals surface area (Å²) < 4.78 is 0. The molecule has 0 atom stereocenters. The lowest BCUT2D eigenvalue weighted by Crippen LogP contribution is -2.03. The van der Waals surface area contributed by atoms with E-state index in [1.807, 2.05) is 0 Å². The van der Waals surface area contributed by atoms with Crippen molar-refractivity contribution in [1.82, 2.24) is 9.97 Å². The molecule has 74 valence electrons. The van der Waals surface area contributed by atoms with E-state index in [1.165, 1.54) is 18.6 Å². The van der Waals surface area contributed by atoms with Gasteiger partial charge >= 0.3 is 0 Å². The third kappa shape index (κ3) is 2.19. The Kier molecular flexibility index (Phi) is 2.74. The van der Waals surface area contributed by atoms with E-state index in [9.17, 15) is 4.79 Å². The maximum absolute atomic E-state index is 11.8. The van der Waals surface area contributed by atoms with Crippen LogP contribution in [0.25, 0.3) is 0 Å². The highest BCUT2D eigenvalue weighted by Crippen LogP contribution is 2.12. The van der Waals surface area contributed by atoms with Gasteiger partial charge in [0, 0.05) is 23.0 Å². The first kappa shape index (κ1) is 9.80. The average Bonchev–Trinajstić information content (AvgIpc) is 2.30. The van der Waals surface area contributed by atoms with Crippen LogP contribution >= 0.6 is 11.6 Å². The van der Waals surface area contributed by atoms with Gasteiger partial charge in [0.05, 0.1) is 6.20 Å². The predicted molar refractivity (Wildman–Crippen MR) is 56.9 cm³/mol. The molecular formula is C11H7ClN2O. The highest BCUT2D eigenvalue weighted by molar-refractivity contribution is 6.30. The van der Waals surface area contributed by atoms with Crippen LogP contribution < -0.4 is 0 Å². The van der Waals surface area contributed by atoms with Crippen LogP contribution in [0.3, 0.4) is 0 Å². The molecule has 0 N–H and O–H groups in total. The van der Waals surface area contributed by atoms with Crippen LogP contribution in [0.1, 0.15) is 16.1 Å². The summed E-state index contributed by atoms with van der Waals surface area (Å²) in [6.07, 6.45) is 4.46. The van der Waals surface area contributed by atoms with Crippen molar-refractivity contribution in [3.63, 3.8) is 0 Å². The quantitative estimate of drug-likeness (QED) is 0.727. The Balaban J connectivity index is 2.33. The molecule has 0 spiro atoms. The fraction of sp³-hybridized carbons (Fsp3) is 0. The summed E-state index contributed by atoms with van der Waals surface area (Å²) in [4.78, 5) is 19.6. The fourth-order valence-corrected chi connectivity index (χ4v) is 1.29. The van der Waals surface area contributed by atoms with Crippen LogP contribution in [0.4, 0.5) is 0 Å². The van der Waals surface area contributed by atoms with Crippen LogP contribution in [-0.4, -0.2) is 15.8 Å². The minimum absolute atomic E-state index is 0.153. The molecule has 1 heterocycles. The SMILES string of the molecule is O=C(c1ccc(Cl)cc1)c1cnccn1. The maximum atomic E-state index is 11.8. The summed E-state index contributed by atoms with van der Waals surface area (Å²) in [5.41, 5.74) is 0.889. The number of carbonyl (C=O) groups excluding carboxylic acids is 1. The van der Waals surface area contributed by atoms with Crippen molar-refractivity contribution in [1.29, 1.82) is 0 Å². The van der Waals surface area contributed by atoms with E-state index in [0.29, 0.717) is 16.3 Å². The van der Waals surface area contributed by atoms with Gasteiger partial charge in [-0.3, -0.25) is 9.78 Å². The Bertz CT molecular complexity index is 468. The van der Waals surface area contributed by atoms with Gasteiger partial charge in [0.15, 0.2) is 0 Å². The number of rotatable bonds is 2. The van der Waals surface area contributed by atoms with E-state index < -0.39 is 0 Å². The van der Waals surface area contributed by atoms with Gasteiger partial charge in [0.1, 0.15) is 5.69 Å². The molecule has 1 aromatic heterocycles. The second-order valence-corrected chi connectivity index (χ2v) is 3.36. The van der Waals surface area contributed by atoms with Crippen molar-refractivity contribution in [3.8, 4) is 0 Å². The molecule has 15 heavy (non-hydrogen) atoms. The molecule has 0 aliphatic rings. The molecule has 0 aliphatic carbocycles. The normalized spacial score (nSPS) is 9.93. The highest BCUT2D eigenvalue weighted by Gasteiger charge is 2.09. The van der Waals surface area contributed by atoms with Crippen molar-refractivity contribution >= 4 is 17.4 Å². The first-order valence-corrected chi connectivity index (χ1v) is 4.71. The van der Waals surface area contributed by atoms with Crippen molar-refractivity contribution in [2.75, 3.05) is 0 Å². The monoisotopic (exact) mass is 218 g/mol. The third-order valence-electron chi connectivity index (χ3n) is 1.90. The molecule has 4 heteroatoms. The number of carbonyl (C=O) groups is 1. The minimum atomic E-state index is -0.153. The number of benzene rings is 1. The van der Waals surface area contributed by atoms with Crippen LogP contribution in [0.5, 0.6) is 0 Å². The number of aromatic nitrogens is 2. The van der Waals surface area contributed by atoms with Gasteiger partial charge in [-0.05, 0) is 24.3 Å². The number of ketones is 1. The molecule has 2 aromatic rings. The molecule has 0 saturated carbocycles. The smallest absolute Gasteiger partial charge is 0.212 e. The van der Waals surface area contributed by atoms with Gasteiger partial charge in [-0.25, -0.2) is 4.98 Å². The van der Waals surface area contributed by atoms with Crippen molar-refractivity contribution in [2.45, 2.75) is 0 Å². The zero-order valence-corrected chi connectivity index (χ0v) is 8.48. The van der Waals surface area contributed by atoms with Crippen molar-refractivity contribution in [2.24, 2.45) is 0 Å². The molecule has 0 aliphatic heterocycles. The molecule has 0 bridgehead atoms. The van der Waals surface area contributed by atoms with Gasteiger partial charge in [0.2, 0.25) is 5.78 Å². The van der Waals surface area contributed by atoms with E-state index in [4.69, 9.17) is 11.6 Å². The van der Waals surface area contributed by atoms with E-state index in [-0.39, 0.29) is 5.78 Å². The lowest BCUT2D eigenvalue weighted by atomic mass is 10.1. The van der Waals surface area contributed by atoms with Gasteiger partial charge in [-0.2, -0.15) is 0 Å². The Morgan fingerprint density at radius 1 is 1.13 bits per heavy atom. The van der Waals surface area contributed by atoms with E-state index in [2.05, 4.69) is 9.97 Å². The Morgan fingerprint density at radius 2 is 1.87 bits per heavy atom. The van der Waals surface area contributed by atoms with Crippen molar-refractivity contribution < 1.29 is 4.79 Å². The summed E-state index contributed by atoms with van der Waals surface area (Å²) >= 11 is 5.72. The van der Waals surface area contributed by atoms with Crippen LogP contribution in [-0.2, 0) is 0 Å². The molecule has 2 rings (SSSR count). The topological polar surface area (TPSA) is 42.9 Å². The average molecular weight is 219 g/mol. The van der Waals surface area contributed by atoms with Gasteiger partial charge in [-0.1, -0.05) is 11.6 Å². The number of hydrogen-bond donors (Lipinski definition) is 0. The molecule has 0 fully saturated rings. The standard InChI is InChI=1S/C11H7ClN2O/c12-9-3-1-8(2-4-9)11(15)10-7-13-5-6-14-10/h1-7H. The van der Waals surface area contributed by atoms with E-state index in [1.54, 1.807) is 24.3 Å². The van der Waals surface area contributed by atoms with Gasteiger partial charge in [0.25, 0.3) is 0 Å².